The summed E-state index contributed by atoms with van der Waals surface area (Å²) in [5.41, 5.74) is 6.99. The molecule has 0 bridgehead atoms. The highest BCUT2D eigenvalue weighted by molar-refractivity contribution is 5.31. The number of pyridine rings is 1. The van der Waals surface area contributed by atoms with Crippen molar-refractivity contribution in [1.29, 1.82) is 0 Å². The topological polar surface area (TPSA) is 45.4 Å². The van der Waals surface area contributed by atoms with E-state index in [1.54, 1.807) is 6.20 Å². The van der Waals surface area contributed by atoms with Crippen molar-refractivity contribution in [2.45, 2.75) is 25.4 Å². The Kier molecular flexibility index (Phi) is 2.99. The van der Waals surface area contributed by atoms with E-state index in [-0.39, 0.29) is 0 Å². The smallest absolute Gasteiger partial charge is 0.123 e. The Morgan fingerprint density at radius 2 is 2.29 bits per heavy atom. The first kappa shape index (κ1) is 11.0. The Bertz CT molecular complexity index is 393. The number of hydrogen-bond donors (Lipinski definition) is 1. The lowest BCUT2D eigenvalue weighted by Gasteiger charge is -2.37. The highest BCUT2D eigenvalue weighted by atomic mass is 15.3. The average molecular weight is 232 g/mol. The fraction of sp³-hybridized carbons (Fsp3) is 0.615. The lowest BCUT2D eigenvalue weighted by molar-refractivity contribution is 0.0994. The number of aromatic nitrogens is 1. The van der Waals surface area contributed by atoms with Crippen molar-refractivity contribution >= 4 is 5.82 Å². The standard InChI is InChI=1S/C13H20N4/c14-13-8-11(3-4-15-13)9-16-6-7-17-5-1-2-12(17)10-16/h3-4,8,12H,1-2,5-7,9-10H2,(H2,14,15). The Morgan fingerprint density at radius 3 is 3.18 bits per heavy atom. The molecule has 2 aliphatic heterocycles. The zero-order valence-electron chi connectivity index (χ0n) is 10.2. The van der Waals surface area contributed by atoms with Crippen LogP contribution in [0.15, 0.2) is 18.3 Å². The van der Waals surface area contributed by atoms with E-state index in [1.807, 2.05) is 6.07 Å². The van der Waals surface area contributed by atoms with E-state index >= 15 is 0 Å². The summed E-state index contributed by atoms with van der Waals surface area (Å²) in [6.07, 6.45) is 4.55. The van der Waals surface area contributed by atoms with Crippen LogP contribution in [-0.2, 0) is 6.54 Å². The van der Waals surface area contributed by atoms with E-state index in [4.69, 9.17) is 5.73 Å². The first-order valence-corrected chi connectivity index (χ1v) is 6.48. The minimum Gasteiger partial charge on any atom is -0.384 e. The summed E-state index contributed by atoms with van der Waals surface area (Å²) >= 11 is 0. The van der Waals surface area contributed by atoms with Crippen LogP contribution in [0.2, 0.25) is 0 Å². The maximum Gasteiger partial charge on any atom is 0.123 e. The number of piperazine rings is 1. The lowest BCUT2D eigenvalue weighted by Crippen LogP contribution is -2.49. The summed E-state index contributed by atoms with van der Waals surface area (Å²) in [7, 11) is 0. The predicted molar refractivity (Wildman–Crippen MR) is 68.5 cm³/mol. The van der Waals surface area contributed by atoms with Gasteiger partial charge in [-0.2, -0.15) is 0 Å². The molecule has 4 nitrogen and oxygen atoms in total. The predicted octanol–water partition coefficient (Wildman–Crippen LogP) is 0.944. The normalized spacial score (nSPS) is 26.0. The van der Waals surface area contributed by atoms with Gasteiger partial charge in [-0.05, 0) is 37.1 Å². The summed E-state index contributed by atoms with van der Waals surface area (Å²) in [4.78, 5) is 9.22. The van der Waals surface area contributed by atoms with Crippen molar-refractivity contribution in [3.05, 3.63) is 23.9 Å². The zero-order valence-corrected chi connectivity index (χ0v) is 10.2. The molecule has 2 N–H and O–H groups in total. The number of anilines is 1. The second kappa shape index (κ2) is 4.63. The summed E-state index contributed by atoms with van der Waals surface area (Å²) in [5.74, 6) is 0.627. The summed E-state index contributed by atoms with van der Waals surface area (Å²) < 4.78 is 0. The number of fused-ring (bicyclic) bond motifs is 1. The molecule has 2 fully saturated rings. The Balaban J connectivity index is 1.62. The van der Waals surface area contributed by atoms with Crippen molar-refractivity contribution in [1.82, 2.24) is 14.8 Å². The first-order valence-electron chi connectivity index (χ1n) is 6.48. The molecule has 3 rings (SSSR count). The molecule has 4 heteroatoms. The van der Waals surface area contributed by atoms with E-state index in [1.165, 1.54) is 44.6 Å². The van der Waals surface area contributed by atoms with Gasteiger partial charge in [-0.3, -0.25) is 9.80 Å². The lowest BCUT2D eigenvalue weighted by atomic mass is 10.1. The molecule has 2 saturated heterocycles. The fourth-order valence-electron chi connectivity index (χ4n) is 3.05. The molecule has 0 amide bonds. The minimum atomic E-state index is 0.627. The molecular formula is C13H20N4. The minimum absolute atomic E-state index is 0.627. The Labute approximate surface area is 102 Å². The van der Waals surface area contributed by atoms with Gasteiger partial charge in [-0.15, -0.1) is 0 Å². The molecule has 0 aromatic carbocycles. The zero-order chi connectivity index (χ0) is 11.7. The van der Waals surface area contributed by atoms with Gasteiger partial charge in [-0.25, -0.2) is 4.98 Å². The van der Waals surface area contributed by atoms with Crippen molar-refractivity contribution in [3.63, 3.8) is 0 Å². The molecule has 1 unspecified atom stereocenters. The quantitative estimate of drug-likeness (QED) is 0.824. The molecule has 1 aromatic rings. The molecule has 2 aliphatic rings. The third kappa shape index (κ3) is 2.42. The monoisotopic (exact) mass is 232 g/mol. The van der Waals surface area contributed by atoms with E-state index in [2.05, 4.69) is 20.9 Å². The third-order valence-electron chi connectivity index (χ3n) is 3.92. The molecule has 0 aliphatic carbocycles. The van der Waals surface area contributed by atoms with Gasteiger partial charge in [-0.1, -0.05) is 0 Å². The highest BCUT2D eigenvalue weighted by Crippen LogP contribution is 2.22. The number of rotatable bonds is 2. The molecule has 3 heterocycles. The average Bonchev–Trinajstić information content (AvgIpc) is 2.76. The molecular weight excluding hydrogens is 212 g/mol. The Hall–Kier alpha value is -1.13. The van der Waals surface area contributed by atoms with Crippen LogP contribution in [0.1, 0.15) is 18.4 Å². The van der Waals surface area contributed by atoms with Gasteiger partial charge in [0.25, 0.3) is 0 Å². The van der Waals surface area contributed by atoms with Gasteiger partial charge in [0.15, 0.2) is 0 Å². The third-order valence-corrected chi connectivity index (χ3v) is 3.92. The van der Waals surface area contributed by atoms with Crippen LogP contribution in [0.3, 0.4) is 0 Å². The second-order valence-corrected chi connectivity index (χ2v) is 5.16. The summed E-state index contributed by atoms with van der Waals surface area (Å²) in [6, 6.07) is 4.85. The van der Waals surface area contributed by atoms with Crippen molar-refractivity contribution in [2.75, 3.05) is 31.9 Å². The van der Waals surface area contributed by atoms with Gasteiger partial charge < -0.3 is 5.73 Å². The van der Waals surface area contributed by atoms with Crippen molar-refractivity contribution < 1.29 is 0 Å². The van der Waals surface area contributed by atoms with Crippen LogP contribution in [0, 0.1) is 0 Å². The van der Waals surface area contributed by atoms with Crippen molar-refractivity contribution in [2.24, 2.45) is 0 Å². The number of nitrogens with zero attached hydrogens (tertiary/aromatic N) is 3. The fourth-order valence-corrected chi connectivity index (χ4v) is 3.05. The van der Waals surface area contributed by atoms with Crippen LogP contribution in [0.4, 0.5) is 5.82 Å². The van der Waals surface area contributed by atoms with Crippen LogP contribution < -0.4 is 5.73 Å². The van der Waals surface area contributed by atoms with E-state index < -0.39 is 0 Å². The number of nitrogen functional groups attached to an aromatic ring is 1. The maximum absolute atomic E-state index is 5.71. The molecule has 17 heavy (non-hydrogen) atoms. The van der Waals surface area contributed by atoms with Gasteiger partial charge in [0.2, 0.25) is 0 Å². The van der Waals surface area contributed by atoms with Gasteiger partial charge in [0, 0.05) is 38.4 Å². The summed E-state index contributed by atoms with van der Waals surface area (Å²) in [5, 5.41) is 0. The number of nitrogens with two attached hydrogens (primary N) is 1. The molecule has 1 atom stereocenters. The molecule has 92 valence electrons. The van der Waals surface area contributed by atoms with Crippen LogP contribution >= 0.6 is 0 Å². The van der Waals surface area contributed by atoms with Gasteiger partial charge in [0.05, 0.1) is 0 Å². The maximum atomic E-state index is 5.71. The molecule has 0 spiro atoms. The highest BCUT2D eigenvalue weighted by Gasteiger charge is 2.30. The van der Waals surface area contributed by atoms with Crippen LogP contribution in [0.5, 0.6) is 0 Å². The van der Waals surface area contributed by atoms with Gasteiger partial charge in [0.1, 0.15) is 5.82 Å². The largest absolute Gasteiger partial charge is 0.384 e. The van der Waals surface area contributed by atoms with E-state index in [0.717, 1.165) is 12.6 Å². The molecule has 0 radical (unpaired) electrons. The number of hydrogen-bond acceptors (Lipinski definition) is 4. The molecule has 1 aromatic heterocycles. The van der Waals surface area contributed by atoms with Crippen LogP contribution in [0.25, 0.3) is 0 Å². The van der Waals surface area contributed by atoms with E-state index in [9.17, 15) is 0 Å². The second-order valence-electron chi connectivity index (χ2n) is 5.16. The van der Waals surface area contributed by atoms with Crippen LogP contribution in [-0.4, -0.2) is 47.0 Å². The molecule has 0 saturated carbocycles. The van der Waals surface area contributed by atoms with Gasteiger partial charge >= 0.3 is 0 Å². The first-order chi connectivity index (χ1) is 8.31. The summed E-state index contributed by atoms with van der Waals surface area (Å²) in [6.45, 7) is 5.93. The van der Waals surface area contributed by atoms with E-state index in [0.29, 0.717) is 5.82 Å². The van der Waals surface area contributed by atoms with Crippen molar-refractivity contribution in [3.8, 4) is 0 Å². The SMILES string of the molecule is Nc1cc(CN2CCN3CCCC3C2)ccn1. The Morgan fingerprint density at radius 1 is 1.35 bits per heavy atom.